The van der Waals surface area contributed by atoms with Crippen LogP contribution in [0.1, 0.15) is 11.5 Å². The Morgan fingerprint density at radius 3 is 2.57 bits per heavy atom. The molecule has 0 radical (unpaired) electrons. The van der Waals surface area contributed by atoms with Crippen molar-refractivity contribution in [3.63, 3.8) is 0 Å². The molecule has 1 aromatic heterocycles. The summed E-state index contributed by atoms with van der Waals surface area (Å²) in [4.78, 5) is 14.1. The fourth-order valence-electron chi connectivity index (χ4n) is 2.72. The van der Waals surface area contributed by atoms with E-state index in [9.17, 15) is 4.79 Å². The smallest absolute Gasteiger partial charge is 0.281 e. The van der Waals surface area contributed by atoms with E-state index in [-0.39, 0.29) is 12.5 Å². The number of ether oxygens (including phenoxy) is 1. The van der Waals surface area contributed by atoms with E-state index in [1.807, 2.05) is 30.3 Å². The molecule has 1 fully saturated rings. The molecule has 1 aliphatic heterocycles. The fourth-order valence-corrected chi connectivity index (χ4v) is 3.15. The van der Waals surface area contributed by atoms with Crippen LogP contribution in [0, 0.1) is 0 Å². The third-order valence-corrected chi connectivity index (χ3v) is 4.59. The lowest BCUT2D eigenvalue weighted by Crippen LogP contribution is -2.30. The largest absolute Gasteiger partial charge is 0.486 e. The molecule has 0 unspecified atom stereocenters. The zero-order valence-electron chi connectivity index (χ0n) is 14.6. The van der Waals surface area contributed by atoms with E-state index in [4.69, 9.17) is 33.0 Å². The highest BCUT2D eigenvalue weighted by atomic mass is 35.5. The van der Waals surface area contributed by atoms with Crippen LogP contribution < -0.4 is 15.0 Å². The van der Waals surface area contributed by atoms with Gasteiger partial charge in [0.15, 0.2) is 5.11 Å². The van der Waals surface area contributed by atoms with E-state index < -0.39 is 0 Å². The van der Waals surface area contributed by atoms with Gasteiger partial charge in [0.2, 0.25) is 0 Å². The zero-order valence-corrected chi connectivity index (χ0v) is 16.2. The summed E-state index contributed by atoms with van der Waals surface area (Å²) in [5.41, 5.74) is 1.07. The van der Waals surface area contributed by atoms with Crippen molar-refractivity contribution in [2.45, 2.75) is 6.61 Å². The second-order valence-electron chi connectivity index (χ2n) is 6.01. The van der Waals surface area contributed by atoms with E-state index in [0.717, 1.165) is 0 Å². The number of anilines is 1. The molecule has 0 saturated carbocycles. The summed E-state index contributed by atoms with van der Waals surface area (Å²) in [6, 6.07) is 19.9. The molecule has 1 amide bonds. The Hall–Kier alpha value is -3.09. The number of thiocarbonyl (C=S) groups is 1. The second-order valence-corrected chi connectivity index (χ2v) is 6.83. The number of rotatable bonds is 5. The van der Waals surface area contributed by atoms with Crippen LogP contribution in [0.2, 0.25) is 5.02 Å². The molecule has 28 heavy (non-hydrogen) atoms. The van der Waals surface area contributed by atoms with E-state index in [1.165, 1.54) is 4.90 Å². The number of hydrogen-bond acceptors (Lipinski definition) is 4. The summed E-state index contributed by atoms with van der Waals surface area (Å²) in [6.45, 7) is 0.265. The Morgan fingerprint density at radius 2 is 1.82 bits per heavy atom. The molecular weight excluding hydrogens is 396 g/mol. The number of nitrogens with one attached hydrogen (secondary N) is 1. The SMILES string of the molecule is O=C1/C(=C\c2ccc(COc3ccc(Cl)cc3)o2)NC(=S)N1c1ccccc1. The molecule has 1 saturated heterocycles. The van der Waals surface area contributed by atoms with Gasteiger partial charge in [0, 0.05) is 11.1 Å². The van der Waals surface area contributed by atoms with Crippen LogP contribution in [-0.4, -0.2) is 11.0 Å². The summed E-state index contributed by atoms with van der Waals surface area (Å²) < 4.78 is 11.4. The Balaban J connectivity index is 1.45. The van der Waals surface area contributed by atoms with Gasteiger partial charge in [-0.2, -0.15) is 0 Å². The average molecular weight is 411 g/mol. The predicted octanol–water partition coefficient (Wildman–Crippen LogP) is 4.77. The molecular formula is C21H15ClN2O3S. The van der Waals surface area contributed by atoms with Gasteiger partial charge in [-0.1, -0.05) is 29.8 Å². The van der Waals surface area contributed by atoms with E-state index >= 15 is 0 Å². The van der Waals surface area contributed by atoms with Gasteiger partial charge in [-0.05, 0) is 60.7 Å². The van der Waals surface area contributed by atoms with Crippen molar-refractivity contribution in [3.05, 3.63) is 89.0 Å². The maximum absolute atomic E-state index is 12.7. The molecule has 0 spiro atoms. The Morgan fingerprint density at radius 1 is 1.07 bits per heavy atom. The van der Waals surface area contributed by atoms with Crippen LogP contribution in [-0.2, 0) is 11.4 Å². The Kier molecular flexibility index (Phi) is 5.14. The number of amides is 1. The third-order valence-electron chi connectivity index (χ3n) is 4.06. The van der Waals surface area contributed by atoms with Crippen LogP contribution >= 0.6 is 23.8 Å². The molecule has 0 atom stereocenters. The lowest BCUT2D eigenvalue weighted by Gasteiger charge is -2.13. The molecule has 5 nitrogen and oxygen atoms in total. The molecule has 7 heteroatoms. The topological polar surface area (TPSA) is 54.7 Å². The molecule has 2 heterocycles. The van der Waals surface area contributed by atoms with Crippen molar-refractivity contribution in [2.75, 3.05) is 4.90 Å². The molecule has 0 bridgehead atoms. The van der Waals surface area contributed by atoms with Gasteiger partial charge in [0.25, 0.3) is 5.91 Å². The van der Waals surface area contributed by atoms with Crippen molar-refractivity contribution in [3.8, 4) is 5.75 Å². The molecule has 0 aliphatic carbocycles. The van der Waals surface area contributed by atoms with Crippen LogP contribution in [0.5, 0.6) is 5.75 Å². The maximum Gasteiger partial charge on any atom is 0.281 e. The van der Waals surface area contributed by atoms with E-state index in [1.54, 1.807) is 42.5 Å². The average Bonchev–Trinajstić information content (AvgIpc) is 3.26. The first-order valence-corrected chi connectivity index (χ1v) is 9.28. The monoisotopic (exact) mass is 410 g/mol. The molecule has 3 aromatic rings. The number of halogens is 1. The predicted molar refractivity (Wildman–Crippen MR) is 112 cm³/mol. The Labute approximate surface area is 172 Å². The number of benzene rings is 2. The lowest BCUT2D eigenvalue weighted by atomic mass is 10.3. The van der Waals surface area contributed by atoms with Crippen molar-refractivity contribution in [1.29, 1.82) is 0 Å². The number of nitrogens with zero attached hydrogens (tertiary/aromatic N) is 1. The first-order chi connectivity index (χ1) is 13.6. The summed E-state index contributed by atoms with van der Waals surface area (Å²) in [6.07, 6.45) is 1.63. The van der Waals surface area contributed by atoms with Crippen LogP contribution in [0.4, 0.5) is 5.69 Å². The van der Waals surface area contributed by atoms with E-state index in [2.05, 4.69) is 5.32 Å². The summed E-state index contributed by atoms with van der Waals surface area (Å²) in [5, 5.41) is 3.92. The standard InChI is InChI=1S/C21H15ClN2O3S/c22-14-6-8-16(9-7-14)26-13-18-11-10-17(27-18)12-19-20(25)24(21(28)23-19)15-4-2-1-3-5-15/h1-12H,13H2,(H,23,28)/b19-12+. The van der Waals surface area contributed by atoms with Crippen LogP contribution in [0.3, 0.4) is 0 Å². The summed E-state index contributed by atoms with van der Waals surface area (Å²) in [5.74, 6) is 1.63. The first-order valence-electron chi connectivity index (χ1n) is 8.49. The number of carbonyl (C=O) groups excluding carboxylic acids is 1. The minimum atomic E-state index is -0.230. The first kappa shape index (κ1) is 18.3. The number of carbonyl (C=O) groups is 1. The highest BCUT2D eigenvalue weighted by molar-refractivity contribution is 7.80. The molecule has 1 N–H and O–H groups in total. The number of para-hydroxylation sites is 1. The Bertz CT molecular complexity index is 1050. The second kappa shape index (κ2) is 7.88. The van der Waals surface area contributed by atoms with Gasteiger partial charge in [-0.15, -0.1) is 0 Å². The fraction of sp³-hybridized carbons (Fsp3) is 0.0476. The van der Waals surface area contributed by atoms with E-state index in [0.29, 0.717) is 38.8 Å². The van der Waals surface area contributed by atoms with Crippen LogP contribution in [0.25, 0.3) is 6.08 Å². The normalized spacial score (nSPS) is 15.2. The lowest BCUT2D eigenvalue weighted by molar-refractivity contribution is -0.113. The van der Waals surface area contributed by atoms with Gasteiger partial charge in [0.05, 0.1) is 5.69 Å². The molecule has 2 aromatic carbocycles. The molecule has 1 aliphatic rings. The van der Waals surface area contributed by atoms with Gasteiger partial charge >= 0.3 is 0 Å². The highest BCUT2D eigenvalue weighted by Crippen LogP contribution is 2.23. The van der Waals surface area contributed by atoms with Crippen molar-refractivity contribution < 1.29 is 13.9 Å². The minimum Gasteiger partial charge on any atom is -0.486 e. The van der Waals surface area contributed by atoms with Crippen molar-refractivity contribution >= 4 is 46.6 Å². The zero-order chi connectivity index (χ0) is 19.5. The van der Waals surface area contributed by atoms with Gasteiger partial charge in [0.1, 0.15) is 29.6 Å². The van der Waals surface area contributed by atoms with Crippen molar-refractivity contribution in [1.82, 2.24) is 5.32 Å². The molecule has 4 rings (SSSR count). The minimum absolute atomic E-state index is 0.230. The third kappa shape index (κ3) is 3.93. The molecule has 140 valence electrons. The number of hydrogen-bond donors (Lipinski definition) is 1. The van der Waals surface area contributed by atoms with Gasteiger partial charge < -0.3 is 14.5 Å². The summed E-state index contributed by atoms with van der Waals surface area (Å²) >= 11 is 11.2. The van der Waals surface area contributed by atoms with Crippen LogP contribution in [0.15, 0.2) is 76.8 Å². The maximum atomic E-state index is 12.7. The van der Waals surface area contributed by atoms with Gasteiger partial charge in [-0.25, -0.2) is 0 Å². The number of furan rings is 1. The quantitative estimate of drug-likeness (QED) is 0.485. The van der Waals surface area contributed by atoms with Gasteiger partial charge in [-0.3, -0.25) is 9.69 Å². The van der Waals surface area contributed by atoms with Crippen molar-refractivity contribution in [2.24, 2.45) is 0 Å². The highest BCUT2D eigenvalue weighted by Gasteiger charge is 2.32. The summed E-state index contributed by atoms with van der Waals surface area (Å²) in [7, 11) is 0.